The van der Waals surface area contributed by atoms with Crippen LogP contribution in [0.2, 0.25) is 0 Å². The lowest BCUT2D eigenvalue weighted by molar-refractivity contribution is -0.118. The summed E-state index contributed by atoms with van der Waals surface area (Å²) in [6.07, 6.45) is 2.59. The van der Waals surface area contributed by atoms with Gasteiger partial charge in [0.1, 0.15) is 12.4 Å². The lowest BCUT2D eigenvalue weighted by Crippen LogP contribution is -2.40. The van der Waals surface area contributed by atoms with E-state index in [1.54, 1.807) is 12.3 Å². The van der Waals surface area contributed by atoms with Crippen LogP contribution in [0.4, 0.5) is 5.69 Å². The van der Waals surface area contributed by atoms with Crippen LogP contribution in [0.1, 0.15) is 26.0 Å². The van der Waals surface area contributed by atoms with Crippen molar-refractivity contribution in [3.63, 3.8) is 0 Å². The minimum atomic E-state index is -0.516. The first-order chi connectivity index (χ1) is 11.1. The molecule has 3 N–H and O–H groups in total. The predicted octanol–water partition coefficient (Wildman–Crippen LogP) is 2.97. The molecule has 0 saturated carbocycles. The number of nitrogens with two attached hydrogens (primary N) is 1. The predicted molar refractivity (Wildman–Crippen MR) is 91.1 cm³/mol. The van der Waals surface area contributed by atoms with Gasteiger partial charge in [-0.05, 0) is 30.2 Å². The fourth-order valence-electron chi connectivity index (χ4n) is 2.04. The zero-order chi connectivity index (χ0) is 16.7. The van der Waals surface area contributed by atoms with E-state index >= 15 is 0 Å². The van der Waals surface area contributed by atoms with Gasteiger partial charge in [-0.2, -0.15) is 0 Å². The van der Waals surface area contributed by atoms with Gasteiger partial charge >= 0.3 is 0 Å². The van der Waals surface area contributed by atoms with E-state index in [0.29, 0.717) is 18.0 Å². The molecule has 23 heavy (non-hydrogen) atoms. The molecular formula is C18H23N3O2. The van der Waals surface area contributed by atoms with E-state index in [1.165, 1.54) is 0 Å². The van der Waals surface area contributed by atoms with Crippen LogP contribution < -0.4 is 15.8 Å². The van der Waals surface area contributed by atoms with Gasteiger partial charge in [-0.3, -0.25) is 9.78 Å². The Morgan fingerprint density at radius 2 is 2.13 bits per heavy atom. The molecular weight excluding hydrogens is 290 g/mol. The van der Waals surface area contributed by atoms with E-state index in [0.717, 1.165) is 12.1 Å². The Bertz CT molecular complexity index is 631. The lowest BCUT2D eigenvalue weighted by atomic mass is 9.99. The molecule has 0 radical (unpaired) electrons. The molecule has 1 aromatic carbocycles. The molecule has 1 heterocycles. The van der Waals surface area contributed by atoms with Gasteiger partial charge in [0, 0.05) is 18.0 Å². The minimum absolute atomic E-state index is 0.138. The van der Waals surface area contributed by atoms with Crippen LogP contribution in [0, 0.1) is 5.92 Å². The second-order valence-electron chi connectivity index (χ2n) is 5.54. The number of carbonyl (C=O) groups is 1. The van der Waals surface area contributed by atoms with Gasteiger partial charge < -0.3 is 15.8 Å². The van der Waals surface area contributed by atoms with Crippen molar-refractivity contribution in [2.24, 2.45) is 11.7 Å². The minimum Gasteiger partial charge on any atom is -0.487 e. The summed E-state index contributed by atoms with van der Waals surface area (Å²) in [5, 5.41) is 2.84. The van der Waals surface area contributed by atoms with Crippen molar-refractivity contribution in [1.82, 2.24) is 4.98 Å². The van der Waals surface area contributed by atoms with E-state index in [9.17, 15) is 4.79 Å². The van der Waals surface area contributed by atoms with Crippen LogP contribution >= 0.6 is 0 Å². The Labute approximate surface area is 136 Å². The van der Waals surface area contributed by atoms with Crippen molar-refractivity contribution >= 4 is 11.6 Å². The number of benzene rings is 1. The number of nitrogens with one attached hydrogen (secondary N) is 1. The maximum Gasteiger partial charge on any atom is 0.241 e. The Kier molecular flexibility index (Phi) is 6.11. The summed E-state index contributed by atoms with van der Waals surface area (Å²) in [5.41, 5.74) is 7.46. The summed E-state index contributed by atoms with van der Waals surface area (Å²) in [7, 11) is 0. The summed E-state index contributed by atoms with van der Waals surface area (Å²) < 4.78 is 5.70. The molecule has 0 fully saturated rings. The highest BCUT2D eigenvalue weighted by molar-refractivity contribution is 5.95. The summed E-state index contributed by atoms with van der Waals surface area (Å²) in [6.45, 7) is 4.37. The summed E-state index contributed by atoms with van der Waals surface area (Å²) in [4.78, 5) is 16.3. The normalized spacial score (nSPS) is 13.2. The zero-order valence-corrected chi connectivity index (χ0v) is 13.5. The number of hydrogen-bond acceptors (Lipinski definition) is 4. The van der Waals surface area contributed by atoms with E-state index in [1.807, 2.05) is 50.2 Å². The van der Waals surface area contributed by atoms with Crippen LogP contribution in [0.5, 0.6) is 5.75 Å². The highest BCUT2D eigenvalue weighted by atomic mass is 16.5. The lowest BCUT2D eigenvalue weighted by Gasteiger charge is -2.18. The topological polar surface area (TPSA) is 77.2 Å². The maximum absolute atomic E-state index is 12.1. The Morgan fingerprint density at radius 1 is 1.30 bits per heavy atom. The third kappa shape index (κ3) is 5.07. The molecule has 2 atom stereocenters. The molecule has 1 amide bonds. The number of hydrogen-bond donors (Lipinski definition) is 2. The van der Waals surface area contributed by atoms with E-state index in [4.69, 9.17) is 10.5 Å². The molecule has 0 aliphatic rings. The van der Waals surface area contributed by atoms with Crippen molar-refractivity contribution in [2.75, 3.05) is 5.32 Å². The number of pyridine rings is 1. The molecule has 0 bridgehead atoms. The first-order valence-corrected chi connectivity index (χ1v) is 7.79. The van der Waals surface area contributed by atoms with Crippen LogP contribution in [0.15, 0.2) is 48.7 Å². The van der Waals surface area contributed by atoms with Gasteiger partial charge in [-0.25, -0.2) is 0 Å². The summed E-state index contributed by atoms with van der Waals surface area (Å²) in [5.74, 6) is 0.630. The molecule has 0 aliphatic heterocycles. The highest BCUT2D eigenvalue weighted by Gasteiger charge is 2.19. The average Bonchev–Trinajstić information content (AvgIpc) is 2.59. The maximum atomic E-state index is 12.1. The largest absolute Gasteiger partial charge is 0.487 e. The highest BCUT2D eigenvalue weighted by Crippen LogP contribution is 2.19. The molecule has 2 rings (SSSR count). The number of anilines is 1. The number of amides is 1. The Morgan fingerprint density at radius 3 is 2.83 bits per heavy atom. The van der Waals surface area contributed by atoms with E-state index in [-0.39, 0.29) is 11.8 Å². The van der Waals surface area contributed by atoms with Crippen LogP contribution in [-0.2, 0) is 11.4 Å². The van der Waals surface area contributed by atoms with Gasteiger partial charge in [0.2, 0.25) is 5.91 Å². The average molecular weight is 313 g/mol. The monoisotopic (exact) mass is 313 g/mol. The third-order valence-electron chi connectivity index (χ3n) is 3.77. The summed E-state index contributed by atoms with van der Waals surface area (Å²) >= 11 is 0. The molecule has 122 valence electrons. The van der Waals surface area contributed by atoms with E-state index < -0.39 is 6.04 Å². The van der Waals surface area contributed by atoms with Crippen molar-refractivity contribution in [1.29, 1.82) is 0 Å². The second kappa shape index (κ2) is 8.29. The van der Waals surface area contributed by atoms with Gasteiger partial charge in [-0.15, -0.1) is 0 Å². The number of carbonyl (C=O) groups excluding carboxylic acids is 1. The fourth-order valence-corrected chi connectivity index (χ4v) is 2.04. The van der Waals surface area contributed by atoms with Crippen molar-refractivity contribution in [3.05, 3.63) is 54.4 Å². The Balaban J connectivity index is 1.95. The van der Waals surface area contributed by atoms with E-state index in [2.05, 4.69) is 10.3 Å². The van der Waals surface area contributed by atoms with Gasteiger partial charge in [0.25, 0.3) is 0 Å². The molecule has 0 saturated heterocycles. The number of ether oxygens (including phenoxy) is 1. The SMILES string of the molecule is CCC(C)C(N)C(=O)Nc1cccc(OCc2ccccn2)c1. The molecule has 5 nitrogen and oxygen atoms in total. The quantitative estimate of drug-likeness (QED) is 0.824. The van der Waals surface area contributed by atoms with Crippen molar-refractivity contribution < 1.29 is 9.53 Å². The number of aromatic nitrogens is 1. The molecule has 5 heteroatoms. The van der Waals surface area contributed by atoms with Crippen LogP contribution in [0.25, 0.3) is 0 Å². The van der Waals surface area contributed by atoms with Gasteiger partial charge in [0.15, 0.2) is 0 Å². The molecule has 2 aromatic rings. The fraction of sp³-hybridized carbons (Fsp3) is 0.333. The molecule has 0 aliphatic carbocycles. The molecule has 0 spiro atoms. The Hall–Kier alpha value is -2.40. The standard InChI is InChI=1S/C18H23N3O2/c1-3-13(2)17(19)18(22)21-14-8-6-9-16(11-14)23-12-15-7-4-5-10-20-15/h4-11,13,17H,3,12,19H2,1-2H3,(H,21,22). The number of nitrogens with zero attached hydrogens (tertiary/aromatic N) is 1. The van der Waals surface area contributed by atoms with Gasteiger partial charge in [-0.1, -0.05) is 32.4 Å². The molecule has 2 unspecified atom stereocenters. The molecule has 1 aromatic heterocycles. The van der Waals surface area contributed by atoms with Crippen molar-refractivity contribution in [3.8, 4) is 5.75 Å². The zero-order valence-electron chi connectivity index (χ0n) is 13.5. The smallest absolute Gasteiger partial charge is 0.241 e. The number of rotatable bonds is 7. The summed E-state index contributed by atoms with van der Waals surface area (Å²) in [6, 6.07) is 12.4. The first kappa shape index (κ1) is 17.0. The van der Waals surface area contributed by atoms with Crippen LogP contribution in [0.3, 0.4) is 0 Å². The first-order valence-electron chi connectivity index (χ1n) is 7.79. The second-order valence-corrected chi connectivity index (χ2v) is 5.54. The van der Waals surface area contributed by atoms with Crippen LogP contribution in [-0.4, -0.2) is 16.9 Å². The van der Waals surface area contributed by atoms with Crippen molar-refractivity contribution in [2.45, 2.75) is 32.9 Å². The van der Waals surface area contributed by atoms with Gasteiger partial charge in [0.05, 0.1) is 11.7 Å². The third-order valence-corrected chi connectivity index (χ3v) is 3.77.